The Kier molecular flexibility index (Phi) is 3.52. The summed E-state index contributed by atoms with van der Waals surface area (Å²) in [4.78, 5) is 25.8. The van der Waals surface area contributed by atoms with Gasteiger partial charge >= 0.3 is 5.97 Å². The van der Waals surface area contributed by atoms with Crippen molar-refractivity contribution in [3.63, 3.8) is 0 Å². The molecule has 7 heteroatoms. The van der Waals surface area contributed by atoms with Crippen molar-refractivity contribution in [1.29, 1.82) is 0 Å². The lowest BCUT2D eigenvalue weighted by molar-refractivity contribution is 0.0695. The summed E-state index contributed by atoms with van der Waals surface area (Å²) >= 11 is 0. The van der Waals surface area contributed by atoms with E-state index in [2.05, 4.69) is 0 Å². The maximum Gasteiger partial charge on any atom is 0.341 e. The first kappa shape index (κ1) is 15.7. The number of fused-ring (bicyclic) bond motifs is 1. The quantitative estimate of drug-likeness (QED) is 0.863. The van der Waals surface area contributed by atoms with Crippen LogP contribution in [-0.2, 0) is 0 Å². The van der Waals surface area contributed by atoms with E-state index in [1.807, 2.05) is 17.1 Å². The Balaban J connectivity index is 2.10. The van der Waals surface area contributed by atoms with Gasteiger partial charge in [-0.15, -0.1) is 0 Å². The molecule has 0 saturated heterocycles. The predicted molar refractivity (Wildman–Crippen MR) is 91.3 cm³/mol. The molecule has 0 spiro atoms. The number of methoxy groups -OCH3 is 1. The number of aromatic nitrogens is 1. The number of benzene rings is 1. The average Bonchev–Trinajstić information content (AvgIpc) is 3.29. The highest BCUT2D eigenvalue weighted by molar-refractivity contribution is 5.97. The Hall–Kier alpha value is -2.83. The number of ether oxygens (including phenoxy) is 1. The van der Waals surface area contributed by atoms with Crippen LogP contribution in [0, 0.1) is 5.82 Å². The van der Waals surface area contributed by atoms with Crippen LogP contribution in [0.5, 0.6) is 5.75 Å². The van der Waals surface area contributed by atoms with E-state index in [9.17, 15) is 19.1 Å². The number of nitrogens with zero attached hydrogens (tertiary/aromatic N) is 2. The number of aromatic carboxylic acids is 1. The van der Waals surface area contributed by atoms with E-state index in [4.69, 9.17) is 4.74 Å². The Morgan fingerprint density at radius 2 is 2.00 bits per heavy atom. The third-order valence-electron chi connectivity index (χ3n) is 4.71. The van der Waals surface area contributed by atoms with Crippen LogP contribution in [-0.4, -0.2) is 35.8 Å². The first-order valence-electron chi connectivity index (χ1n) is 8.11. The Morgan fingerprint density at radius 3 is 2.56 bits per heavy atom. The lowest BCUT2D eigenvalue weighted by Gasteiger charge is -2.24. The molecule has 25 heavy (non-hydrogen) atoms. The van der Waals surface area contributed by atoms with Gasteiger partial charge in [0.2, 0.25) is 5.43 Å². The molecule has 0 bridgehead atoms. The van der Waals surface area contributed by atoms with E-state index >= 15 is 0 Å². The van der Waals surface area contributed by atoms with Gasteiger partial charge in [0.25, 0.3) is 0 Å². The Bertz CT molecular complexity index is 967. The molecule has 0 radical (unpaired) electrons. The molecule has 1 aliphatic heterocycles. The van der Waals surface area contributed by atoms with Gasteiger partial charge in [0.1, 0.15) is 11.3 Å². The van der Waals surface area contributed by atoms with Crippen LogP contribution < -0.4 is 15.1 Å². The van der Waals surface area contributed by atoms with E-state index in [1.54, 1.807) is 4.57 Å². The van der Waals surface area contributed by atoms with Gasteiger partial charge in [-0.25, -0.2) is 9.18 Å². The summed E-state index contributed by atoms with van der Waals surface area (Å²) in [6, 6.07) is 1.24. The molecule has 4 rings (SSSR count). The van der Waals surface area contributed by atoms with Gasteiger partial charge < -0.3 is 19.3 Å². The predicted octanol–water partition coefficient (Wildman–Crippen LogP) is 2.56. The van der Waals surface area contributed by atoms with Crippen molar-refractivity contribution in [2.45, 2.75) is 18.9 Å². The van der Waals surface area contributed by atoms with E-state index in [0.717, 1.165) is 18.9 Å². The van der Waals surface area contributed by atoms with Crippen LogP contribution in [0.2, 0.25) is 0 Å². The molecule has 1 N–H and O–H groups in total. The molecule has 1 aromatic carbocycles. The maximum absolute atomic E-state index is 14.8. The summed E-state index contributed by atoms with van der Waals surface area (Å²) < 4.78 is 22.1. The van der Waals surface area contributed by atoms with Crippen LogP contribution in [0.3, 0.4) is 0 Å². The zero-order chi connectivity index (χ0) is 17.7. The summed E-state index contributed by atoms with van der Waals surface area (Å²) in [5.41, 5.74) is -0.278. The molecule has 6 nitrogen and oxygen atoms in total. The number of carboxylic acids is 1. The number of rotatable bonds is 4. The topological polar surface area (TPSA) is 71.8 Å². The number of halogens is 1. The number of carbonyl (C=O) groups is 1. The first-order valence-corrected chi connectivity index (χ1v) is 8.11. The number of carboxylic acid groups (broad SMARTS) is 1. The summed E-state index contributed by atoms with van der Waals surface area (Å²) in [5.74, 6) is -1.62. The normalized spacial score (nSPS) is 16.6. The summed E-state index contributed by atoms with van der Waals surface area (Å²) in [5, 5.41) is 9.36. The molecule has 2 aliphatic rings. The van der Waals surface area contributed by atoms with Crippen molar-refractivity contribution in [1.82, 2.24) is 4.57 Å². The van der Waals surface area contributed by atoms with Crippen molar-refractivity contribution in [3.05, 3.63) is 46.0 Å². The Morgan fingerprint density at radius 1 is 1.32 bits per heavy atom. The van der Waals surface area contributed by atoms with Gasteiger partial charge in [0.05, 0.1) is 18.0 Å². The zero-order valence-electron chi connectivity index (χ0n) is 13.7. The van der Waals surface area contributed by atoms with Crippen molar-refractivity contribution in [3.8, 4) is 5.75 Å². The van der Waals surface area contributed by atoms with Gasteiger partial charge in [-0.05, 0) is 18.9 Å². The van der Waals surface area contributed by atoms with Gasteiger partial charge in [0, 0.05) is 25.3 Å². The van der Waals surface area contributed by atoms with E-state index in [0.29, 0.717) is 24.3 Å². The standard InChI is InChI=1S/C18H17FN2O4/c1-25-17-14-11(8-13(19)15(17)20-6-2-3-7-20)16(22)12(18(23)24)9-21(14)10-4-5-10/h2-3,8-10H,4-7H2,1H3,(H,23,24). The summed E-state index contributed by atoms with van der Waals surface area (Å²) in [6.45, 7) is 1.11. The summed E-state index contributed by atoms with van der Waals surface area (Å²) in [6.07, 6.45) is 7.00. The van der Waals surface area contributed by atoms with Crippen LogP contribution in [0.25, 0.3) is 10.9 Å². The molecule has 1 aromatic heterocycles. The lowest BCUT2D eigenvalue weighted by atomic mass is 10.1. The van der Waals surface area contributed by atoms with Crippen LogP contribution in [0.1, 0.15) is 29.2 Å². The number of hydrogen-bond acceptors (Lipinski definition) is 4. The minimum atomic E-state index is -1.31. The number of pyridine rings is 1. The highest BCUT2D eigenvalue weighted by Crippen LogP contribution is 2.43. The zero-order valence-corrected chi connectivity index (χ0v) is 13.7. The van der Waals surface area contributed by atoms with Crippen molar-refractivity contribution in [2.24, 2.45) is 0 Å². The monoisotopic (exact) mass is 344 g/mol. The summed E-state index contributed by atoms with van der Waals surface area (Å²) in [7, 11) is 1.44. The molecule has 1 aliphatic carbocycles. The van der Waals surface area contributed by atoms with Crippen molar-refractivity contribution >= 4 is 22.6 Å². The van der Waals surface area contributed by atoms with E-state index in [-0.39, 0.29) is 22.7 Å². The Labute approximate surface area is 142 Å². The largest absolute Gasteiger partial charge is 0.492 e. The first-order chi connectivity index (χ1) is 12.0. The van der Waals surface area contributed by atoms with Gasteiger partial charge in [-0.2, -0.15) is 0 Å². The molecule has 130 valence electrons. The van der Waals surface area contributed by atoms with Crippen LogP contribution in [0.15, 0.2) is 29.2 Å². The van der Waals surface area contributed by atoms with Gasteiger partial charge in [0.15, 0.2) is 11.6 Å². The molecular formula is C18H17FN2O4. The molecular weight excluding hydrogens is 327 g/mol. The number of hydrogen-bond donors (Lipinski definition) is 1. The molecule has 0 amide bonds. The molecule has 1 saturated carbocycles. The van der Waals surface area contributed by atoms with Gasteiger partial charge in [-0.1, -0.05) is 12.2 Å². The molecule has 0 unspecified atom stereocenters. The second-order valence-corrected chi connectivity index (χ2v) is 6.33. The van der Waals surface area contributed by atoms with Crippen molar-refractivity contribution in [2.75, 3.05) is 25.1 Å². The highest BCUT2D eigenvalue weighted by Gasteiger charge is 2.31. The minimum Gasteiger partial charge on any atom is -0.492 e. The van der Waals surface area contributed by atoms with Crippen molar-refractivity contribution < 1.29 is 19.0 Å². The lowest BCUT2D eigenvalue weighted by Crippen LogP contribution is -2.23. The molecule has 2 heterocycles. The fourth-order valence-electron chi connectivity index (χ4n) is 3.38. The van der Waals surface area contributed by atoms with Crippen LogP contribution in [0.4, 0.5) is 10.1 Å². The second kappa shape index (κ2) is 5.61. The van der Waals surface area contributed by atoms with E-state index in [1.165, 1.54) is 13.3 Å². The average molecular weight is 344 g/mol. The third-order valence-corrected chi connectivity index (χ3v) is 4.71. The second-order valence-electron chi connectivity index (χ2n) is 6.33. The molecule has 2 aromatic rings. The third kappa shape index (κ3) is 2.38. The number of anilines is 1. The minimum absolute atomic E-state index is 0.0389. The van der Waals surface area contributed by atoms with Gasteiger partial charge in [-0.3, -0.25) is 4.79 Å². The highest BCUT2D eigenvalue weighted by atomic mass is 19.1. The smallest absolute Gasteiger partial charge is 0.341 e. The molecule has 1 fully saturated rings. The fourth-order valence-corrected chi connectivity index (χ4v) is 3.38. The molecule has 0 atom stereocenters. The SMILES string of the molecule is COc1c(N2CC=CC2)c(F)cc2c(=O)c(C(=O)O)cn(C3CC3)c12. The van der Waals surface area contributed by atoms with E-state index < -0.39 is 17.2 Å². The fraction of sp³-hybridized carbons (Fsp3) is 0.333. The van der Waals surface area contributed by atoms with Crippen LogP contribution >= 0.6 is 0 Å². The maximum atomic E-state index is 14.8.